The van der Waals surface area contributed by atoms with Crippen LogP contribution in [0.15, 0.2) is 101 Å². The van der Waals surface area contributed by atoms with Crippen molar-refractivity contribution in [1.29, 1.82) is 0 Å². The van der Waals surface area contributed by atoms with Gasteiger partial charge in [0.05, 0.1) is 11.6 Å². The first-order valence-corrected chi connectivity index (χ1v) is 13.5. The lowest BCUT2D eigenvalue weighted by Crippen LogP contribution is -2.30. The highest BCUT2D eigenvalue weighted by atomic mass is 32.2. The summed E-state index contributed by atoms with van der Waals surface area (Å²) in [6.45, 7) is 2.03. The molecule has 1 unspecified atom stereocenters. The minimum Gasteiger partial charge on any atom is -0.503 e. The van der Waals surface area contributed by atoms with E-state index in [0.29, 0.717) is 15.7 Å². The van der Waals surface area contributed by atoms with Crippen LogP contribution in [0, 0.1) is 12.7 Å². The Morgan fingerprint density at radius 2 is 1.76 bits per heavy atom. The monoisotopic (exact) mass is 543 g/mol. The molecule has 0 radical (unpaired) electrons. The number of aliphatic hydroxyl groups is 1. The third kappa shape index (κ3) is 5.44. The summed E-state index contributed by atoms with van der Waals surface area (Å²) in [5.74, 6) is -1.74. The van der Waals surface area contributed by atoms with Gasteiger partial charge in [0.1, 0.15) is 5.82 Å². The van der Waals surface area contributed by atoms with Gasteiger partial charge in [-0.25, -0.2) is 4.39 Å². The van der Waals surface area contributed by atoms with Crippen molar-refractivity contribution in [1.82, 2.24) is 10.2 Å². The number of thioether (sulfide) groups is 1. The van der Waals surface area contributed by atoms with Gasteiger partial charge < -0.3 is 5.11 Å². The number of benzene rings is 3. The molecule has 0 aliphatic carbocycles. The summed E-state index contributed by atoms with van der Waals surface area (Å²) in [7, 11) is 0. The molecule has 38 heavy (non-hydrogen) atoms. The number of ketones is 1. The van der Waals surface area contributed by atoms with E-state index < -0.39 is 29.3 Å². The molecule has 1 amide bonds. The number of hydrogen-bond donors (Lipinski definition) is 1. The maximum Gasteiger partial charge on any atom is 0.296 e. The highest BCUT2D eigenvalue weighted by molar-refractivity contribution is 8.00. The van der Waals surface area contributed by atoms with Crippen molar-refractivity contribution >= 4 is 46.0 Å². The number of aryl methyl sites for hydroxylation is 1. The first-order chi connectivity index (χ1) is 18.4. The third-order valence-electron chi connectivity index (χ3n) is 5.97. The first-order valence-electron chi connectivity index (χ1n) is 11.7. The highest BCUT2D eigenvalue weighted by Gasteiger charge is 2.45. The zero-order chi connectivity index (χ0) is 26.6. The van der Waals surface area contributed by atoms with Gasteiger partial charge in [-0.05, 0) is 41.8 Å². The lowest BCUT2D eigenvalue weighted by Gasteiger charge is -2.23. The molecular formula is C29H22FN3O3S2. The van der Waals surface area contributed by atoms with Crippen LogP contribution in [0.1, 0.15) is 28.3 Å². The summed E-state index contributed by atoms with van der Waals surface area (Å²) in [6, 6.07) is 21.9. The molecule has 5 rings (SSSR count). The molecule has 0 fully saturated rings. The second-order valence-electron chi connectivity index (χ2n) is 8.62. The summed E-state index contributed by atoms with van der Waals surface area (Å²) in [5.41, 5.74) is 3.45. The van der Waals surface area contributed by atoms with Gasteiger partial charge in [0.15, 0.2) is 15.9 Å². The minimum absolute atomic E-state index is 0.0992. The molecule has 9 heteroatoms. The normalized spacial score (nSPS) is 15.6. The zero-order valence-corrected chi connectivity index (χ0v) is 21.9. The number of amides is 1. The molecule has 0 saturated heterocycles. The predicted octanol–water partition coefficient (Wildman–Crippen LogP) is 6.46. The van der Waals surface area contributed by atoms with E-state index in [4.69, 9.17) is 0 Å². The van der Waals surface area contributed by atoms with Crippen LogP contribution in [0.5, 0.6) is 0 Å². The van der Waals surface area contributed by atoms with Crippen LogP contribution in [0.4, 0.5) is 9.52 Å². The largest absolute Gasteiger partial charge is 0.503 e. The molecule has 0 bridgehead atoms. The Morgan fingerprint density at radius 3 is 2.47 bits per heavy atom. The van der Waals surface area contributed by atoms with Crippen molar-refractivity contribution in [3.63, 3.8) is 0 Å². The fourth-order valence-electron chi connectivity index (χ4n) is 4.03. The van der Waals surface area contributed by atoms with Gasteiger partial charge in [0, 0.05) is 5.75 Å². The molecular weight excluding hydrogens is 521 g/mol. The van der Waals surface area contributed by atoms with Gasteiger partial charge in [0.2, 0.25) is 5.13 Å². The Labute approximate surface area is 227 Å². The molecule has 3 aromatic carbocycles. The van der Waals surface area contributed by atoms with Crippen molar-refractivity contribution in [2.75, 3.05) is 4.90 Å². The number of carbonyl (C=O) groups is 2. The molecule has 6 nitrogen and oxygen atoms in total. The van der Waals surface area contributed by atoms with Gasteiger partial charge in [-0.3, -0.25) is 14.5 Å². The predicted molar refractivity (Wildman–Crippen MR) is 147 cm³/mol. The number of carbonyl (C=O) groups excluding carboxylic acids is 2. The molecule has 2 heterocycles. The molecule has 0 spiro atoms. The Bertz CT molecular complexity index is 1530. The van der Waals surface area contributed by atoms with Crippen LogP contribution in [-0.2, 0) is 15.3 Å². The Hall–Kier alpha value is -4.08. The van der Waals surface area contributed by atoms with Crippen molar-refractivity contribution in [2.45, 2.75) is 23.1 Å². The van der Waals surface area contributed by atoms with E-state index in [-0.39, 0.29) is 10.7 Å². The Balaban J connectivity index is 1.45. The fourth-order valence-corrected chi connectivity index (χ4v) is 5.85. The van der Waals surface area contributed by atoms with Crippen molar-refractivity contribution in [3.8, 4) is 0 Å². The summed E-state index contributed by atoms with van der Waals surface area (Å²) in [4.78, 5) is 27.8. The standard InChI is InChI=1S/C29H22FN3O3S2/c1-18-7-9-20(10-8-18)17-37-29-32-31-28(38-29)33-25(21-12-14-22(30)15-13-21)24(26(35)27(33)36)23(34)16-11-19-5-3-2-4-6-19/h2-16,25,35H,17H2,1H3/b16-11+. The molecule has 1 N–H and O–H groups in total. The van der Waals surface area contributed by atoms with Crippen LogP contribution in [0.2, 0.25) is 0 Å². The first kappa shape index (κ1) is 25.6. The van der Waals surface area contributed by atoms with Crippen LogP contribution < -0.4 is 4.90 Å². The van der Waals surface area contributed by atoms with Crippen LogP contribution in [-0.4, -0.2) is 27.0 Å². The van der Waals surface area contributed by atoms with Crippen molar-refractivity contribution in [2.24, 2.45) is 0 Å². The number of halogens is 1. The van der Waals surface area contributed by atoms with E-state index in [0.717, 1.165) is 11.1 Å². The Morgan fingerprint density at radius 1 is 1.05 bits per heavy atom. The van der Waals surface area contributed by atoms with E-state index >= 15 is 0 Å². The third-order valence-corrected chi connectivity index (χ3v) is 8.10. The summed E-state index contributed by atoms with van der Waals surface area (Å²) in [5, 5.41) is 19.5. The Kier molecular flexibility index (Phi) is 7.48. The van der Waals surface area contributed by atoms with Gasteiger partial charge in [-0.1, -0.05) is 101 Å². The average Bonchev–Trinajstić information content (AvgIpc) is 3.50. The lowest BCUT2D eigenvalue weighted by atomic mass is 9.96. The number of nitrogens with zero attached hydrogens (tertiary/aromatic N) is 3. The van der Waals surface area contributed by atoms with E-state index in [9.17, 15) is 19.1 Å². The van der Waals surface area contributed by atoms with Crippen LogP contribution in [0.3, 0.4) is 0 Å². The number of rotatable bonds is 8. The van der Waals surface area contributed by atoms with Crippen molar-refractivity contribution < 1.29 is 19.1 Å². The van der Waals surface area contributed by atoms with Crippen LogP contribution in [0.25, 0.3) is 6.08 Å². The zero-order valence-electron chi connectivity index (χ0n) is 20.2. The van der Waals surface area contributed by atoms with Crippen LogP contribution >= 0.6 is 23.1 Å². The maximum absolute atomic E-state index is 13.7. The molecule has 1 aliphatic heterocycles. The quantitative estimate of drug-likeness (QED) is 0.156. The smallest absolute Gasteiger partial charge is 0.296 e. The van der Waals surface area contributed by atoms with E-state index in [1.54, 1.807) is 6.08 Å². The fraction of sp³-hybridized carbons (Fsp3) is 0.103. The van der Waals surface area contributed by atoms with E-state index in [2.05, 4.69) is 10.2 Å². The van der Waals surface area contributed by atoms with Gasteiger partial charge in [-0.2, -0.15) is 0 Å². The second-order valence-corrected chi connectivity index (χ2v) is 10.8. The molecule has 190 valence electrons. The SMILES string of the molecule is Cc1ccc(CSc2nnc(N3C(=O)C(O)=C(C(=O)/C=C/c4ccccc4)C3c3ccc(F)cc3)s2)cc1. The maximum atomic E-state index is 13.7. The van der Waals surface area contributed by atoms with Crippen molar-refractivity contribution in [3.05, 3.63) is 124 Å². The molecule has 1 atom stereocenters. The molecule has 0 saturated carbocycles. The number of hydrogen-bond acceptors (Lipinski definition) is 7. The average molecular weight is 544 g/mol. The van der Waals surface area contributed by atoms with Gasteiger partial charge in [0.25, 0.3) is 5.91 Å². The highest BCUT2D eigenvalue weighted by Crippen LogP contribution is 2.43. The van der Waals surface area contributed by atoms with E-state index in [1.807, 2.05) is 61.5 Å². The molecule has 4 aromatic rings. The summed E-state index contributed by atoms with van der Waals surface area (Å²) in [6.07, 6.45) is 2.93. The minimum atomic E-state index is -0.987. The summed E-state index contributed by atoms with van der Waals surface area (Å²) >= 11 is 2.66. The van der Waals surface area contributed by atoms with Gasteiger partial charge >= 0.3 is 0 Å². The molecule has 1 aromatic heterocycles. The van der Waals surface area contributed by atoms with Gasteiger partial charge in [-0.15, -0.1) is 10.2 Å². The van der Waals surface area contributed by atoms with E-state index in [1.165, 1.54) is 63.9 Å². The second kappa shape index (κ2) is 11.1. The number of aliphatic hydroxyl groups excluding tert-OH is 1. The number of aromatic nitrogens is 2. The lowest BCUT2D eigenvalue weighted by molar-refractivity contribution is -0.117. The topological polar surface area (TPSA) is 83.4 Å². The number of allylic oxidation sites excluding steroid dienone is 1. The molecule has 1 aliphatic rings. The number of anilines is 1. The summed E-state index contributed by atoms with van der Waals surface area (Å²) < 4.78 is 14.4.